The average molecular weight is 530 g/mol. The van der Waals surface area contributed by atoms with Crippen LogP contribution in [0.25, 0.3) is 0 Å². The summed E-state index contributed by atoms with van der Waals surface area (Å²) >= 11 is -2.69. The predicted octanol–water partition coefficient (Wildman–Crippen LogP) is 2.23. The van der Waals surface area contributed by atoms with E-state index in [1.165, 1.54) is 9.81 Å². The van der Waals surface area contributed by atoms with Crippen molar-refractivity contribution in [3.63, 3.8) is 0 Å². The molecule has 0 radical (unpaired) electrons. The van der Waals surface area contributed by atoms with Gasteiger partial charge in [0, 0.05) is 0 Å². The number of methoxy groups -OCH3 is 3. The fourth-order valence-corrected chi connectivity index (χ4v) is 13.1. The van der Waals surface area contributed by atoms with Crippen LogP contribution in [0.3, 0.4) is 0 Å². The van der Waals surface area contributed by atoms with Crippen LogP contribution in [0.15, 0.2) is 72.8 Å². The third-order valence-corrected chi connectivity index (χ3v) is 13.9. The first-order chi connectivity index (χ1) is 12.3. The van der Waals surface area contributed by atoms with Crippen LogP contribution in [0.4, 0.5) is 0 Å². The molecule has 0 saturated carbocycles. The molecule has 4 heteroatoms. The summed E-state index contributed by atoms with van der Waals surface area (Å²) in [7, 11) is 5.18. The Morgan fingerprint density at radius 3 is 1.04 bits per heavy atom. The number of benzene rings is 3. The normalized spacial score (nSPS) is 10.2. The number of hydrogen-bond donors (Lipinski definition) is 0. The Bertz CT molecular complexity index is 735. The van der Waals surface area contributed by atoms with Gasteiger partial charge in [-0.25, -0.2) is 0 Å². The second-order valence-electron chi connectivity index (χ2n) is 5.35. The van der Waals surface area contributed by atoms with Crippen molar-refractivity contribution in [2.24, 2.45) is 0 Å². The summed E-state index contributed by atoms with van der Waals surface area (Å²) in [5.74, 6) is 2.78. The van der Waals surface area contributed by atoms with Gasteiger partial charge in [-0.3, -0.25) is 0 Å². The number of para-hydroxylation sites is 3. The molecule has 0 aliphatic carbocycles. The molecular weight excluding hydrogens is 509 g/mol. The van der Waals surface area contributed by atoms with E-state index < -0.39 is 21.8 Å². The zero-order valence-corrected chi connectivity index (χ0v) is 18.1. The summed E-state index contributed by atoms with van der Waals surface area (Å²) in [5, 5.41) is 0. The number of ether oxygens (including phenoxy) is 3. The van der Waals surface area contributed by atoms with Gasteiger partial charge in [0.2, 0.25) is 0 Å². The molecule has 0 aliphatic rings. The molecule has 25 heavy (non-hydrogen) atoms. The zero-order chi connectivity index (χ0) is 17.6. The zero-order valence-electron chi connectivity index (χ0n) is 14.6. The Hall–Kier alpha value is -2.06. The van der Waals surface area contributed by atoms with Crippen LogP contribution in [-0.2, 0) is 0 Å². The molecule has 3 rings (SSSR count). The molecule has 0 spiro atoms. The second-order valence-corrected chi connectivity index (χ2v) is 13.6. The molecule has 0 fully saturated rings. The van der Waals surface area contributed by atoms with E-state index in [9.17, 15) is 0 Å². The summed E-state index contributed by atoms with van der Waals surface area (Å²) in [4.78, 5) is 0. The van der Waals surface area contributed by atoms with Crippen LogP contribution in [0, 0.1) is 0 Å². The first-order valence-corrected chi connectivity index (χ1v) is 13.2. The Morgan fingerprint density at radius 2 is 0.760 bits per heavy atom. The molecule has 0 aliphatic heterocycles. The standard InChI is InChI=1S/3C7H7O.Bi/c3*1-8-7-5-3-2-4-6-7;/h3*2-5H,1H3;/q;;;+2. The van der Waals surface area contributed by atoms with Gasteiger partial charge in [-0.1, -0.05) is 0 Å². The Kier molecular flexibility index (Phi) is 5.93. The van der Waals surface area contributed by atoms with E-state index in [1.807, 2.05) is 36.4 Å². The summed E-state index contributed by atoms with van der Waals surface area (Å²) in [6.07, 6.45) is 0. The maximum atomic E-state index is 5.69. The average Bonchev–Trinajstić information content (AvgIpc) is 2.69. The molecule has 3 aromatic rings. The monoisotopic (exact) mass is 530 g/mol. The number of hydrogen-bond acceptors (Lipinski definition) is 3. The van der Waals surface area contributed by atoms with Crippen LogP contribution < -0.4 is 24.0 Å². The summed E-state index contributed by atoms with van der Waals surface area (Å²) in [5.41, 5.74) is 0. The Labute approximate surface area is 156 Å². The fourth-order valence-electron chi connectivity index (χ4n) is 2.83. The molecule has 3 nitrogen and oxygen atoms in total. The Morgan fingerprint density at radius 1 is 0.480 bits per heavy atom. The molecule has 0 atom stereocenters. The molecule has 0 aromatic heterocycles. The van der Waals surface area contributed by atoms with E-state index in [0.29, 0.717) is 0 Å². The van der Waals surface area contributed by atoms with Gasteiger partial charge < -0.3 is 0 Å². The summed E-state index contributed by atoms with van der Waals surface area (Å²) in [6, 6.07) is 24.9. The van der Waals surface area contributed by atoms with Gasteiger partial charge in [-0.2, -0.15) is 0 Å². The van der Waals surface area contributed by atoms with Crippen molar-refractivity contribution in [1.82, 2.24) is 0 Å². The minimum absolute atomic E-state index is 0.928. The number of rotatable bonds is 6. The van der Waals surface area contributed by atoms with E-state index in [0.717, 1.165) is 17.2 Å². The van der Waals surface area contributed by atoms with E-state index in [4.69, 9.17) is 14.2 Å². The Balaban J connectivity index is 2.29. The van der Waals surface area contributed by atoms with Gasteiger partial charge >= 0.3 is 157 Å². The van der Waals surface area contributed by atoms with Crippen LogP contribution >= 0.6 is 0 Å². The first-order valence-electron chi connectivity index (χ1n) is 7.99. The van der Waals surface area contributed by atoms with Gasteiger partial charge in [-0.15, -0.1) is 0 Å². The van der Waals surface area contributed by atoms with Crippen LogP contribution in [-0.4, -0.2) is 43.1 Å². The van der Waals surface area contributed by atoms with Crippen molar-refractivity contribution >= 4 is 31.6 Å². The molecule has 0 amide bonds. The molecule has 0 bridgehead atoms. The van der Waals surface area contributed by atoms with Crippen molar-refractivity contribution in [2.75, 3.05) is 21.3 Å². The molecule has 0 unspecified atom stereocenters. The SMILES string of the molecule is COc1cccc[c]1[Bi+2]([c]1ccccc1OC)[c]1ccccc1OC. The van der Waals surface area contributed by atoms with Crippen LogP contribution in [0.2, 0.25) is 0 Å². The van der Waals surface area contributed by atoms with Crippen LogP contribution in [0.1, 0.15) is 0 Å². The molecule has 0 N–H and O–H groups in total. The van der Waals surface area contributed by atoms with Gasteiger partial charge in [0.15, 0.2) is 0 Å². The summed E-state index contributed by atoms with van der Waals surface area (Å²) in [6.45, 7) is 0. The van der Waals surface area contributed by atoms with E-state index >= 15 is 0 Å². The quantitative estimate of drug-likeness (QED) is 0.458. The third-order valence-electron chi connectivity index (χ3n) is 3.98. The predicted molar refractivity (Wildman–Crippen MR) is 104 cm³/mol. The van der Waals surface area contributed by atoms with Crippen molar-refractivity contribution in [3.8, 4) is 17.2 Å². The van der Waals surface area contributed by atoms with Gasteiger partial charge in [0.25, 0.3) is 0 Å². The maximum absolute atomic E-state index is 5.69. The molecule has 0 saturated heterocycles. The van der Waals surface area contributed by atoms with Crippen molar-refractivity contribution in [1.29, 1.82) is 0 Å². The fraction of sp³-hybridized carbons (Fsp3) is 0.143. The van der Waals surface area contributed by atoms with Crippen molar-refractivity contribution in [2.45, 2.75) is 0 Å². The van der Waals surface area contributed by atoms with Crippen molar-refractivity contribution < 1.29 is 14.2 Å². The minimum atomic E-state index is -2.69. The third kappa shape index (κ3) is 3.64. The van der Waals surface area contributed by atoms with E-state index in [1.54, 1.807) is 21.3 Å². The molecule has 3 aromatic carbocycles. The van der Waals surface area contributed by atoms with E-state index in [-0.39, 0.29) is 0 Å². The van der Waals surface area contributed by atoms with Crippen LogP contribution in [0.5, 0.6) is 17.2 Å². The topological polar surface area (TPSA) is 27.7 Å². The second kappa shape index (κ2) is 8.35. The van der Waals surface area contributed by atoms with Gasteiger partial charge in [0.05, 0.1) is 0 Å². The first kappa shape index (κ1) is 17.8. The molecule has 0 heterocycles. The van der Waals surface area contributed by atoms with Gasteiger partial charge in [-0.05, 0) is 0 Å². The van der Waals surface area contributed by atoms with Crippen molar-refractivity contribution in [3.05, 3.63) is 72.8 Å². The summed E-state index contributed by atoms with van der Waals surface area (Å²) < 4.78 is 20.9. The van der Waals surface area contributed by atoms with E-state index in [2.05, 4.69) is 36.4 Å². The van der Waals surface area contributed by atoms with Gasteiger partial charge in [0.1, 0.15) is 0 Å². The molecular formula is C21H21BiO3+2. The molecule has 126 valence electrons.